The first kappa shape index (κ1) is 13.2. The zero-order valence-corrected chi connectivity index (χ0v) is 9.52. The molecule has 0 aliphatic carbocycles. The number of nitrogens with one attached hydrogen (secondary N) is 1. The van der Waals surface area contributed by atoms with Gasteiger partial charge in [0.15, 0.2) is 5.41 Å². The average molecular weight is 231 g/mol. The van der Waals surface area contributed by atoms with E-state index in [1.807, 2.05) is 30.3 Å². The second-order valence-electron chi connectivity index (χ2n) is 3.84. The normalized spacial score (nSPS) is 13.5. The van der Waals surface area contributed by atoms with Crippen LogP contribution in [0.2, 0.25) is 0 Å². The number of amides is 1. The highest BCUT2D eigenvalue weighted by Gasteiger charge is 2.32. The molecule has 1 atom stereocenters. The predicted molar refractivity (Wildman–Crippen MR) is 63.6 cm³/mol. The Morgan fingerprint density at radius 3 is 2.65 bits per heavy atom. The van der Waals surface area contributed by atoms with Gasteiger partial charge in [0.2, 0.25) is 5.91 Å². The molecule has 4 nitrogen and oxygen atoms in total. The fraction of sp³-hybridized carbons (Fsp3) is 0.308. The lowest BCUT2D eigenvalue weighted by Gasteiger charge is -2.17. The number of nitrogens with zero attached hydrogens (tertiary/aromatic N) is 1. The van der Waals surface area contributed by atoms with Crippen LogP contribution in [0.3, 0.4) is 0 Å². The Morgan fingerprint density at radius 2 is 2.12 bits per heavy atom. The SMILES string of the molecule is [CH2]C(C#N)(CO)C(=O)NCCc1ccccc1. The number of benzene rings is 1. The number of nitriles is 1. The molecule has 0 saturated heterocycles. The maximum absolute atomic E-state index is 11.6. The largest absolute Gasteiger partial charge is 0.394 e. The van der Waals surface area contributed by atoms with E-state index < -0.39 is 17.9 Å². The third-order valence-electron chi connectivity index (χ3n) is 2.46. The Labute approximate surface area is 101 Å². The van der Waals surface area contributed by atoms with Crippen molar-refractivity contribution in [1.82, 2.24) is 5.32 Å². The number of aliphatic hydroxyl groups is 1. The van der Waals surface area contributed by atoms with Crippen molar-refractivity contribution >= 4 is 5.91 Å². The second kappa shape index (κ2) is 6.02. The molecule has 1 rings (SSSR count). The Morgan fingerprint density at radius 1 is 1.47 bits per heavy atom. The summed E-state index contributed by atoms with van der Waals surface area (Å²) in [6, 6.07) is 11.4. The number of hydrogen-bond donors (Lipinski definition) is 2. The van der Waals surface area contributed by atoms with E-state index in [0.29, 0.717) is 13.0 Å². The van der Waals surface area contributed by atoms with E-state index in [1.165, 1.54) is 0 Å². The molecule has 0 saturated carbocycles. The highest BCUT2D eigenvalue weighted by atomic mass is 16.3. The van der Waals surface area contributed by atoms with Crippen molar-refractivity contribution in [3.8, 4) is 6.07 Å². The first-order chi connectivity index (χ1) is 8.12. The molecule has 0 aliphatic rings. The molecule has 1 unspecified atom stereocenters. The maximum Gasteiger partial charge on any atom is 0.242 e. The molecule has 0 aromatic heterocycles. The van der Waals surface area contributed by atoms with Crippen LogP contribution in [0.4, 0.5) is 0 Å². The smallest absolute Gasteiger partial charge is 0.242 e. The van der Waals surface area contributed by atoms with Crippen molar-refractivity contribution in [3.63, 3.8) is 0 Å². The van der Waals surface area contributed by atoms with Crippen LogP contribution in [-0.2, 0) is 11.2 Å². The molecule has 1 aromatic carbocycles. The molecule has 0 aliphatic heterocycles. The lowest BCUT2D eigenvalue weighted by molar-refractivity contribution is -0.127. The average Bonchev–Trinajstić information content (AvgIpc) is 2.39. The fourth-order valence-electron chi connectivity index (χ4n) is 1.29. The third-order valence-corrected chi connectivity index (χ3v) is 2.46. The van der Waals surface area contributed by atoms with Crippen molar-refractivity contribution in [2.24, 2.45) is 5.41 Å². The van der Waals surface area contributed by atoms with Crippen LogP contribution in [0.15, 0.2) is 30.3 Å². The van der Waals surface area contributed by atoms with Crippen LogP contribution in [-0.4, -0.2) is 24.2 Å². The third kappa shape index (κ3) is 3.58. The summed E-state index contributed by atoms with van der Waals surface area (Å²) in [6.07, 6.45) is 0.680. The van der Waals surface area contributed by atoms with Crippen LogP contribution in [0.5, 0.6) is 0 Å². The number of aliphatic hydroxyl groups excluding tert-OH is 1. The maximum atomic E-state index is 11.6. The summed E-state index contributed by atoms with van der Waals surface area (Å²) in [5.74, 6) is -0.543. The van der Waals surface area contributed by atoms with E-state index in [1.54, 1.807) is 6.07 Å². The molecule has 1 radical (unpaired) electrons. The van der Waals surface area contributed by atoms with E-state index in [2.05, 4.69) is 12.2 Å². The minimum atomic E-state index is -1.60. The molecule has 0 spiro atoms. The molecule has 4 heteroatoms. The molecule has 89 valence electrons. The summed E-state index contributed by atoms with van der Waals surface area (Å²) in [5.41, 5.74) is -0.500. The zero-order valence-electron chi connectivity index (χ0n) is 9.52. The van der Waals surface area contributed by atoms with E-state index in [0.717, 1.165) is 5.56 Å². The van der Waals surface area contributed by atoms with Crippen molar-refractivity contribution < 1.29 is 9.90 Å². The van der Waals surface area contributed by atoms with Gasteiger partial charge < -0.3 is 10.4 Å². The molecule has 1 amide bonds. The van der Waals surface area contributed by atoms with Crippen LogP contribution >= 0.6 is 0 Å². The van der Waals surface area contributed by atoms with Gasteiger partial charge in [-0.1, -0.05) is 30.3 Å². The zero-order chi connectivity index (χ0) is 12.7. The minimum absolute atomic E-state index is 0.418. The topological polar surface area (TPSA) is 73.1 Å². The molecule has 0 fully saturated rings. The van der Waals surface area contributed by atoms with Gasteiger partial charge in [-0.2, -0.15) is 5.26 Å². The first-order valence-corrected chi connectivity index (χ1v) is 5.32. The molecular formula is C13H15N2O2. The van der Waals surface area contributed by atoms with E-state index in [-0.39, 0.29) is 0 Å². The fourth-order valence-corrected chi connectivity index (χ4v) is 1.29. The van der Waals surface area contributed by atoms with E-state index in [4.69, 9.17) is 10.4 Å². The predicted octanol–water partition coefficient (Wildman–Crippen LogP) is 0.682. The summed E-state index contributed by atoms with van der Waals surface area (Å²) in [4.78, 5) is 11.6. The quantitative estimate of drug-likeness (QED) is 0.782. The highest BCUT2D eigenvalue weighted by Crippen LogP contribution is 2.12. The van der Waals surface area contributed by atoms with Crippen molar-refractivity contribution in [3.05, 3.63) is 42.8 Å². The van der Waals surface area contributed by atoms with Gasteiger partial charge in [-0.05, 0) is 18.9 Å². The van der Waals surface area contributed by atoms with Crippen LogP contribution in [0.25, 0.3) is 0 Å². The number of rotatable bonds is 5. The van der Waals surface area contributed by atoms with Crippen LogP contribution < -0.4 is 5.32 Å². The molecule has 0 heterocycles. The van der Waals surface area contributed by atoms with Gasteiger partial charge in [0.25, 0.3) is 0 Å². The Kier molecular flexibility index (Phi) is 4.68. The Balaban J connectivity index is 2.42. The van der Waals surface area contributed by atoms with Gasteiger partial charge in [0.1, 0.15) is 0 Å². The highest BCUT2D eigenvalue weighted by molar-refractivity contribution is 5.86. The Hall–Kier alpha value is -1.86. The number of carbonyl (C=O) groups excluding carboxylic acids is 1. The summed E-state index contributed by atoms with van der Waals surface area (Å²) in [6.45, 7) is 3.24. The second-order valence-corrected chi connectivity index (χ2v) is 3.84. The van der Waals surface area contributed by atoms with Gasteiger partial charge >= 0.3 is 0 Å². The number of hydrogen-bond acceptors (Lipinski definition) is 3. The Bertz CT molecular complexity index is 411. The van der Waals surface area contributed by atoms with Gasteiger partial charge in [-0.25, -0.2) is 0 Å². The molecular weight excluding hydrogens is 216 g/mol. The molecule has 1 aromatic rings. The minimum Gasteiger partial charge on any atom is -0.394 e. The molecule has 0 bridgehead atoms. The summed E-state index contributed by atoms with van der Waals surface area (Å²) in [5, 5.41) is 20.3. The van der Waals surface area contributed by atoms with Crippen molar-refractivity contribution in [2.75, 3.05) is 13.2 Å². The molecule has 17 heavy (non-hydrogen) atoms. The summed E-state index contributed by atoms with van der Waals surface area (Å²) in [7, 11) is 0. The van der Waals surface area contributed by atoms with E-state index in [9.17, 15) is 4.79 Å². The van der Waals surface area contributed by atoms with Crippen LogP contribution in [0, 0.1) is 23.7 Å². The molecule has 2 N–H and O–H groups in total. The monoisotopic (exact) mass is 231 g/mol. The van der Waals surface area contributed by atoms with Crippen molar-refractivity contribution in [2.45, 2.75) is 6.42 Å². The first-order valence-electron chi connectivity index (χ1n) is 5.32. The van der Waals surface area contributed by atoms with Gasteiger partial charge in [-0.3, -0.25) is 4.79 Å². The van der Waals surface area contributed by atoms with Crippen molar-refractivity contribution in [1.29, 1.82) is 5.26 Å². The standard InChI is InChI=1S/C13H15N2O2/c1-13(9-14,10-16)12(17)15-8-7-11-5-3-2-4-6-11/h2-6,16H,1,7-8,10H2,(H,15,17). The lowest BCUT2D eigenvalue weighted by atomic mass is 9.93. The van der Waals surface area contributed by atoms with Gasteiger partial charge in [-0.15, -0.1) is 0 Å². The summed E-state index contributed by atoms with van der Waals surface area (Å²) < 4.78 is 0. The van der Waals surface area contributed by atoms with Gasteiger partial charge in [0.05, 0.1) is 12.7 Å². The van der Waals surface area contributed by atoms with E-state index >= 15 is 0 Å². The number of carbonyl (C=O) groups is 1. The van der Waals surface area contributed by atoms with Gasteiger partial charge in [0, 0.05) is 6.54 Å². The lowest BCUT2D eigenvalue weighted by Crippen LogP contribution is -2.41. The van der Waals surface area contributed by atoms with Crippen LogP contribution in [0.1, 0.15) is 5.56 Å². The summed E-state index contributed by atoms with van der Waals surface area (Å²) >= 11 is 0.